The quantitative estimate of drug-likeness (QED) is 0.778. The molecule has 1 amide bonds. The number of nitrogens with zero attached hydrogens (tertiary/aromatic N) is 2. The van der Waals surface area contributed by atoms with Gasteiger partial charge in [-0.3, -0.25) is 4.79 Å². The van der Waals surface area contributed by atoms with Gasteiger partial charge in [0.15, 0.2) is 0 Å². The number of carbonyl (C=O) groups is 1. The molecule has 2 unspecified atom stereocenters. The average Bonchev–Trinajstić information content (AvgIpc) is 2.35. The largest absolute Gasteiger partial charge is 0.341 e. The van der Waals surface area contributed by atoms with Gasteiger partial charge in [0.1, 0.15) is 0 Å². The molecule has 1 N–H and O–H groups in total. The van der Waals surface area contributed by atoms with E-state index in [1.165, 1.54) is 6.42 Å². The lowest BCUT2D eigenvalue weighted by molar-refractivity contribution is -0.133. The summed E-state index contributed by atoms with van der Waals surface area (Å²) in [4.78, 5) is 16.3. The normalized spacial score (nSPS) is 20.4. The van der Waals surface area contributed by atoms with E-state index in [9.17, 15) is 4.79 Å². The summed E-state index contributed by atoms with van der Waals surface area (Å²) in [5, 5.41) is 3.33. The van der Waals surface area contributed by atoms with Crippen LogP contribution in [0.3, 0.4) is 0 Å². The predicted octanol–water partition coefficient (Wildman–Crippen LogP) is 0.927. The lowest BCUT2D eigenvalue weighted by Gasteiger charge is -2.30. The first-order chi connectivity index (χ1) is 8.02. The molecule has 17 heavy (non-hydrogen) atoms. The number of rotatable bonds is 5. The zero-order valence-electron chi connectivity index (χ0n) is 11.7. The molecule has 0 aromatic carbocycles. The highest BCUT2D eigenvalue weighted by Crippen LogP contribution is 2.09. The standard InChI is InChI=1S/C13H27N3O/c1-11(15(3)4)10-14-12(2)13(17)16-8-6-5-7-9-16/h11-12,14H,5-10H2,1-4H3. The van der Waals surface area contributed by atoms with E-state index in [0.717, 1.165) is 32.5 Å². The molecule has 4 nitrogen and oxygen atoms in total. The fourth-order valence-electron chi connectivity index (χ4n) is 2.01. The van der Waals surface area contributed by atoms with Crippen molar-refractivity contribution in [2.45, 2.75) is 45.2 Å². The minimum atomic E-state index is -0.0597. The van der Waals surface area contributed by atoms with Crippen molar-refractivity contribution in [3.05, 3.63) is 0 Å². The third-order valence-corrected chi connectivity index (χ3v) is 3.64. The molecule has 0 aliphatic carbocycles. The Morgan fingerprint density at radius 3 is 2.35 bits per heavy atom. The predicted molar refractivity (Wildman–Crippen MR) is 71.0 cm³/mol. The highest BCUT2D eigenvalue weighted by molar-refractivity contribution is 5.81. The maximum absolute atomic E-state index is 12.1. The SMILES string of the molecule is CC(NCC(C)N(C)C)C(=O)N1CCCCC1. The van der Waals surface area contributed by atoms with E-state index in [4.69, 9.17) is 0 Å². The third-order valence-electron chi connectivity index (χ3n) is 3.64. The molecular weight excluding hydrogens is 214 g/mol. The van der Waals surface area contributed by atoms with Crippen molar-refractivity contribution in [3.63, 3.8) is 0 Å². The van der Waals surface area contributed by atoms with Crippen LogP contribution in [0, 0.1) is 0 Å². The Balaban J connectivity index is 2.30. The van der Waals surface area contributed by atoms with Crippen LogP contribution in [-0.4, -0.2) is 61.5 Å². The number of amides is 1. The molecule has 0 radical (unpaired) electrons. The van der Waals surface area contributed by atoms with Gasteiger partial charge in [0.2, 0.25) is 5.91 Å². The maximum Gasteiger partial charge on any atom is 0.239 e. The molecule has 4 heteroatoms. The monoisotopic (exact) mass is 241 g/mol. The maximum atomic E-state index is 12.1. The van der Waals surface area contributed by atoms with E-state index < -0.39 is 0 Å². The van der Waals surface area contributed by atoms with Gasteiger partial charge in [0.05, 0.1) is 6.04 Å². The van der Waals surface area contributed by atoms with Crippen molar-refractivity contribution in [1.29, 1.82) is 0 Å². The number of carbonyl (C=O) groups excluding carboxylic acids is 1. The number of hydrogen-bond acceptors (Lipinski definition) is 3. The summed E-state index contributed by atoms with van der Waals surface area (Å²) in [7, 11) is 4.12. The van der Waals surface area contributed by atoms with Gasteiger partial charge in [0.25, 0.3) is 0 Å². The van der Waals surface area contributed by atoms with Crippen LogP contribution in [0.1, 0.15) is 33.1 Å². The Kier molecular flexibility index (Phi) is 5.92. The number of likely N-dealkylation sites (N-methyl/N-ethyl adjacent to an activating group) is 1. The molecule has 0 aromatic heterocycles. The fourth-order valence-corrected chi connectivity index (χ4v) is 2.01. The Bertz CT molecular complexity index is 237. The van der Waals surface area contributed by atoms with Crippen molar-refractivity contribution >= 4 is 5.91 Å². The molecule has 100 valence electrons. The summed E-state index contributed by atoms with van der Waals surface area (Å²) < 4.78 is 0. The molecule has 1 aliphatic heterocycles. The first kappa shape index (κ1) is 14.5. The van der Waals surface area contributed by atoms with Gasteiger partial charge in [-0.1, -0.05) is 0 Å². The lowest BCUT2D eigenvalue weighted by atomic mass is 10.1. The van der Waals surface area contributed by atoms with E-state index in [1.807, 2.05) is 11.8 Å². The summed E-state index contributed by atoms with van der Waals surface area (Å²) in [5.41, 5.74) is 0. The molecule has 0 aromatic rings. The van der Waals surface area contributed by atoms with E-state index >= 15 is 0 Å². The Labute approximate surface area is 105 Å². The van der Waals surface area contributed by atoms with Crippen molar-refractivity contribution in [3.8, 4) is 0 Å². The molecule has 1 heterocycles. The highest BCUT2D eigenvalue weighted by Gasteiger charge is 2.22. The summed E-state index contributed by atoms with van der Waals surface area (Å²) in [5.74, 6) is 0.260. The number of hydrogen-bond donors (Lipinski definition) is 1. The van der Waals surface area contributed by atoms with Crippen LogP contribution in [0.25, 0.3) is 0 Å². The fraction of sp³-hybridized carbons (Fsp3) is 0.923. The van der Waals surface area contributed by atoms with Crippen LogP contribution in [0.5, 0.6) is 0 Å². The van der Waals surface area contributed by atoms with Crippen LogP contribution in [0.4, 0.5) is 0 Å². The Morgan fingerprint density at radius 1 is 1.24 bits per heavy atom. The minimum absolute atomic E-state index is 0.0597. The number of nitrogens with one attached hydrogen (secondary N) is 1. The van der Waals surface area contributed by atoms with Crippen LogP contribution in [0.15, 0.2) is 0 Å². The summed E-state index contributed by atoms with van der Waals surface area (Å²) in [6, 6.07) is 0.391. The van der Waals surface area contributed by atoms with Crippen molar-refractivity contribution in [2.75, 3.05) is 33.7 Å². The van der Waals surface area contributed by atoms with Gasteiger partial charge in [-0.05, 0) is 47.2 Å². The topological polar surface area (TPSA) is 35.6 Å². The van der Waals surface area contributed by atoms with Gasteiger partial charge >= 0.3 is 0 Å². The van der Waals surface area contributed by atoms with E-state index in [2.05, 4.69) is 31.2 Å². The summed E-state index contributed by atoms with van der Waals surface area (Å²) in [6.45, 7) is 6.86. The van der Waals surface area contributed by atoms with Gasteiger partial charge in [-0.2, -0.15) is 0 Å². The molecule has 0 bridgehead atoms. The first-order valence-electron chi connectivity index (χ1n) is 6.71. The van der Waals surface area contributed by atoms with Gasteiger partial charge in [0, 0.05) is 25.7 Å². The molecule has 1 saturated heterocycles. The second kappa shape index (κ2) is 6.97. The first-order valence-corrected chi connectivity index (χ1v) is 6.71. The second-order valence-electron chi connectivity index (χ2n) is 5.33. The van der Waals surface area contributed by atoms with E-state index in [-0.39, 0.29) is 11.9 Å². The Hall–Kier alpha value is -0.610. The highest BCUT2D eigenvalue weighted by atomic mass is 16.2. The van der Waals surface area contributed by atoms with E-state index in [0.29, 0.717) is 6.04 Å². The van der Waals surface area contributed by atoms with Gasteiger partial charge in [-0.25, -0.2) is 0 Å². The second-order valence-corrected chi connectivity index (χ2v) is 5.33. The molecule has 1 rings (SSSR count). The van der Waals surface area contributed by atoms with Gasteiger partial charge < -0.3 is 15.1 Å². The number of piperidine rings is 1. The third kappa shape index (κ3) is 4.64. The van der Waals surface area contributed by atoms with Crippen LogP contribution < -0.4 is 5.32 Å². The average molecular weight is 241 g/mol. The molecule has 0 spiro atoms. The van der Waals surface area contributed by atoms with Crippen LogP contribution in [-0.2, 0) is 4.79 Å². The van der Waals surface area contributed by atoms with E-state index in [1.54, 1.807) is 0 Å². The van der Waals surface area contributed by atoms with Gasteiger partial charge in [-0.15, -0.1) is 0 Å². The zero-order valence-corrected chi connectivity index (χ0v) is 11.7. The molecule has 1 aliphatic rings. The molecule has 1 fully saturated rings. The number of likely N-dealkylation sites (tertiary alicyclic amines) is 1. The van der Waals surface area contributed by atoms with Crippen LogP contribution in [0.2, 0.25) is 0 Å². The Morgan fingerprint density at radius 2 is 1.82 bits per heavy atom. The zero-order chi connectivity index (χ0) is 12.8. The molecule has 0 saturated carbocycles. The smallest absolute Gasteiger partial charge is 0.239 e. The van der Waals surface area contributed by atoms with Crippen molar-refractivity contribution < 1.29 is 4.79 Å². The summed E-state index contributed by atoms with van der Waals surface area (Å²) in [6.07, 6.45) is 3.59. The lowest BCUT2D eigenvalue weighted by Crippen LogP contribution is -2.49. The molecule has 2 atom stereocenters. The van der Waals surface area contributed by atoms with Crippen LogP contribution >= 0.6 is 0 Å². The van der Waals surface area contributed by atoms with Crippen molar-refractivity contribution in [1.82, 2.24) is 15.1 Å². The minimum Gasteiger partial charge on any atom is -0.341 e. The summed E-state index contributed by atoms with van der Waals surface area (Å²) >= 11 is 0. The van der Waals surface area contributed by atoms with Crippen molar-refractivity contribution in [2.24, 2.45) is 0 Å². The molecular formula is C13H27N3O.